The first-order valence-corrected chi connectivity index (χ1v) is 8.46. The van der Waals surface area contributed by atoms with Gasteiger partial charge in [0, 0.05) is 23.8 Å². The van der Waals surface area contributed by atoms with Crippen molar-refractivity contribution in [3.05, 3.63) is 52.0 Å². The summed E-state index contributed by atoms with van der Waals surface area (Å²) in [5, 5.41) is 3.59. The van der Waals surface area contributed by atoms with E-state index >= 15 is 0 Å². The summed E-state index contributed by atoms with van der Waals surface area (Å²) >= 11 is 6.12. The molecule has 0 bridgehead atoms. The highest BCUT2D eigenvalue weighted by Gasteiger charge is 2.23. The third-order valence-corrected chi connectivity index (χ3v) is 4.92. The van der Waals surface area contributed by atoms with Gasteiger partial charge in [0.25, 0.3) is 0 Å². The Kier molecular flexibility index (Phi) is 5.04. The minimum absolute atomic E-state index is 0.134. The summed E-state index contributed by atoms with van der Waals surface area (Å²) in [5.41, 5.74) is 3.85. The maximum absolute atomic E-state index is 12.6. The minimum Gasteiger partial charge on any atom is -0.493 e. The molecule has 25 heavy (non-hydrogen) atoms. The number of fused-ring (bicyclic) bond motifs is 1. The summed E-state index contributed by atoms with van der Waals surface area (Å²) in [4.78, 5) is 14.4. The van der Waals surface area contributed by atoms with Crippen molar-refractivity contribution in [3.63, 3.8) is 0 Å². The van der Waals surface area contributed by atoms with E-state index in [-0.39, 0.29) is 6.03 Å². The molecular formula is C19H21ClN2O3. The largest absolute Gasteiger partial charge is 0.493 e. The summed E-state index contributed by atoms with van der Waals surface area (Å²) in [5.74, 6) is 1.39. The normalized spacial score (nSPS) is 13.2. The fourth-order valence-corrected chi connectivity index (χ4v) is 3.17. The smallest absolute Gasteiger partial charge is 0.322 e. The molecule has 0 radical (unpaired) electrons. The molecule has 132 valence electrons. The molecule has 1 N–H and O–H groups in total. The molecule has 0 spiro atoms. The van der Waals surface area contributed by atoms with Gasteiger partial charge in [-0.3, -0.25) is 0 Å². The molecule has 2 amide bonds. The van der Waals surface area contributed by atoms with Crippen LogP contribution < -0.4 is 14.8 Å². The van der Waals surface area contributed by atoms with Crippen LogP contribution in [0.25, 0.3) is 0 Å². The first-order valence-electron chi connectivity index (χ1n) is 8.08. The zero-order chi connectivity index (χ0) is 18.0. The predicted molar refractivity (Wildman–Crippen MR) is 98.9 cm³/mol. The number of rotatable bonds is 3. The number of nitrogens with zero attached hydrogens (tertiary/aromatic N) is 1. The molecule has 0 saturated heterocycles. The number of carbonyl (C=O) groups excluding carboxylic acids is 1. The van der Waals surface area contributed by atoms with Crippen molar-refractivity contribution in [3.8, 4) is 11.5 Å². The molecule has 0 aliphatic carbocycles. The Balaban J connectivity index is 1.78. The van der Waals surface area contributed by atoms with Crippen molar-refractivity contribution in [1.29, 1.82) is 0 Å². The Labute approximate surface area is 152 Å². The quantitative estimate of drug-likeness (QED) is 0.889. The number of benzene rings is 2. The van der Waals surface area contributed by atoms with E-state index in [1.165, 1.54) is 5.56 Å². The highest BCUT2D eigenvalue weighted by atomic mass is 35.5. The molecule has 0 fully saturated rings. The molecule has 5 nitrogen and oxygen atoms in total. The van der Waals surface area contributed by atoms with Gasteiger partial charge >= 0.3 is 6.03 Å². The second-order valence-corrected chi connectivity index (χ2v) is 6.40. The van der Waals surface area contributed by atoms with Crippen molar-refractivity contribution in [2.45, 2.75) is 19.9 Å². The third kappa shape index (κ3) is 3.51. The van der Waals surface area contributed by atoms with Crippen LogP contribution in [0.5, 0.6) is 11.5 Å². The molecule has 1 aliphatic heterocycles. The molecule has 0 atom stereocenters. The molecule has 2 aromatic rings. The fraction of sp³-hybridized carbons (Fsp3) is 0.316. The van der Waals surface area contributed by atoms with Crippen LogP contribution in [0.1, 0.15) is 16.7 Å². The molecule has 0 unspecified atom stereocenters. The monoisotopic (exact) mass is 360 g/mol. The number of nitrogens with one attached hydrogen (secondary N) is 1. The van der Waals surface area contributed by atoms with Crippen LogP contribution in [0, 0.1) is 6.92 Å². The van der Waals surface area contributed by atoms with Gasteiger partial charge in [0.05, 0.1) is 14.2 Å². The van der Waals surface area contributed by atoms with Crippen LogP contribution in [0.15, 0.2) is 30.3 Å². The van der Waals surface area contributed by atoms with Gasteiger partial charge in [0.1, 0.15) is 0 Å². The van der Waals surface area contributed by atoms with Crippen LogP contribution in [0.2, 0.25) is 5.02 Å². The molecule has 1 heterocycles. The Bertz CT molecular complexity index is 807. The molecule has 3 rings (SSSR count). The predicted octanol–water partition coefficient (Wildman–Crippen LogP) is 4.26. The van der Waals surface area contributed by atoms with E-state index in [2.05, 4.69) is 5.32 Å². The molecular weight excluding hydrogens is 340 g/mol. The van der Waals surface area contributed by atoms with Crippen molar-refractivity contribution in [2.75, 3.05) is 26.1 Å². The van der Waals surface area contributed by atoms with Crippen molar-refractivity contribution in [1.82, 2.24) is 4.90 Å². The summed E-state index contributed by atoms with van der Waals surface area (Å²) in [7, 11) is 3.24. The molecule has 6 heteroatoms. The van der Waals surface area contributed by atoms with E-state index < -0.39 is 0 Å². The van der Waals surface area contributed by atoms with E-state index in [9.17, 15) is 4.79 Å². The second kappa shape index (κ2) is 7.23. The average molecular weight is 361 g/mol. The minimum atomic E-state index is -0.134. The van der Waals surface area contributed by atoms with Crippen molar-refractivity contribution >= 4 is 23.3 Å². The number of urea groups is 1. The van der Waals surface area contributed by atoms with Crippen LogP contribution in [-0.2, 0) is 13.0 Å². The van der Waals surface area contributed by atoms with E-state index in [1.807, 2.05) is 37.3 Å². The van der Waals surface area contributed by atoms with Crippen LogP contribution in [0.3, 0.4) is 0 Å². The third-order valence-electron chi connectivity index (χ3n) is 4.51. The van der Waals surface area contributed by atoms with E-state index in [0.717, 1.165) is 23.2 Å². The highest BCUT2D eigenvalue weighted by Crippen LogP contribution is 2.33. The number of halogens is 1. The maximum atomic E-state index is 12.6. The van der Waals surface area contributed by atoms with Crippen LogP contribution >= 0.6 is 11.6 Å². The van der Waals surface area contributed by atoms with Gasteiger partial charge in [0.2, 0.25) is 0 Å². The van der Waals surface area contributed by atoms with Gasteiger partial charge in [-0.2, -0.15) is 0 Å². The SMILES string of the molecule is COc1cc2c(cc1OC)CN(C(=O)Nc1cccc(Cl)c1C)CC2. The average Bonchev–Trinajstić information content (AvgIpc) is 2.63. The Morgan fingerprint density at radius 2 is 1.84 bits per heavy atom. The lowest BCUT2D eigenvalue weighted by Gasteiger charge is -2.30. The number of hydrogen-bond donors (Lipinski definition) is 1. The molecule has 1 aliphatic rings. The zero-order valence-electron chi connectivity index (χ0n) is 14.6. The summed E-state index contributed by atoms with van der Waals surface area (Å²) in [6.45, 7) is 3.07. The highest BCUT2D eigenvalue weighted by molar-refractivity contribution is 6.31. The zero-order valence-corrected chi connectivity index (χ0v) is 15.3. The van der Waals surface area contributed by atoms with E-state index in [1.54, 1.807) is 19.1 Å². The van der Waals surface area contributed by atoms with Gasteiger partial charge in [-0.05, 0) is 54.3 Å². The number of ether oxygens (including phenoxy) is 2. The Hall–Kier alpha value is -2.40. The standard InChI is InChI=1S/C19H21ClN2O3/c1-12-15(20)5-4-6-16(12)21-19(23)22-8-7-13-9-17(24-2)18(25-3)10-14(13)11-22/h4-6,9-10H,7-8,11H2,1-3H3,(H,21,23). The molecule has 0 saturated carbocycles. The second-order valence-electron chi connectivity index (χ2n) is 5.99. The van der Waals surface area contributed by atoms with Gasteiger partial charge in [0.15, 0.2) is 11.5 Å². The molecule has 2 aromatic carbocycles. The Morgan fingerprint density at radius 1 is 1.16 bits per heavy atom. The van der Waals surface area contributed by atoms with Crippen LogP contribution in [-0.4, -0.2) is 31.7 Å². The van der Waals surface area contributed by atoms with Gasteiger partial charge < -0.3 is 19.7 Å². The van der Waals surface area contributed by atoms with Gasteiger partial charge in [-0.1, -0.05) is 17.7 Å². The lowest BCUT2D eigenvalue weighted by Crippen LogP contribution is -2.39. The summed E-state index contributed by atoms with van der Waals surface area (Å²) in [6, 6.07) is 9.29. The first kappa shape index (κ1) is 17.4. The molecule has 0 aromatic heterocycles. The number of carbonyl (C=O) groups is 1. The first-order chi connectivity index (χ1) is 12.0. The van der Waals surface area contributed by atoms with E-state index in [4.69, 9.17) is 21.1 Å². The number of hydrogen-bond acceptors (Lipinski definition) is 3. The van der Waals surface area contributed by atoms with Gasteiger partial charge in [-0.15, -0.1) is 0 Å². The fourth-order valence-electron chi connectivity index (χ4n) is 2.99. The summed E-state index contributed by atoms with van der Waals surface area (Å²) < 4.78 is 10.7. The lowest BCUT2D eigenvalue weighted by atomic mass is 9.99. The summed E-state index contributed by atoms with van der Waals surface area (Å²) in [6.07, 6.45) is 0.775. The lowest BCUT2D eigenvalue weighted by molar-refractivity contribution is 0.206. The van der Waals surface area contributed by atoms with E-state index in [0.29, 0.717) is 29.6 Å². The maximum Gasteiger partial charge on any atom is 0.322 e. The Morgan fingerprint density at radius 3 is 2.52 bits per heavy atom. The van der Waals surface area contributed by atoms with Crippen LogP contribution in [0.4, 0.5) is 10.5 Å². The van der Waals surface area contributed by atoms with Gasteiger partial charge in [-0.25, -0.2) is 4.79 Å². The van der Waals surface area contributed by atoms with Crippen molar-refractivity contribution < 1.29 is 14.3 Å². The number of methoxy groups -OCH3 is 2. The van der Waals surface area contributed by atoms with Crippen molar-refractivity contribution in [2.24, 2.45) is 0 Å². The number of amides is 2. The topological polar surface area (TPSA) is 50.8 Å². The number of anilines is 1.